The van der Waals surface area contributed by atoms with Gasteiger partial charge >= 0.3 is 5.97 Å². The minimum atomic E-state index is -1.17. The van der Waals surface area contributed by atoms with Crippen LogP contribution in [-0.4, -0.2) is 65.2 Å². The van der Waals surface area contributed by atoms with Crippen molar-refractivity contribution in [3.05, 3.63) is 0 Å². The van der Waals surface area contributed by atoms with Crippen molar-refractivity contribution in [1.29, 1.82) is 0 Å². The van der Waals surface area contributed by atoms with E-state index in [1.807, 2.05) is 0 Å². The van der Waals surface area contributed by atoms with E-state index in [1.165, 1.54) is 6.92 Å². The van der Waals surface area contributed by atoms with E-state index >= 15 is 0 Å². The molecule has 0 spiro atoms. The van der Waals surface area contributed by atoms with Crippen LogP contribution < -0.4 is 21.7 Å². The Balaban J connectivity index is 4.38. The normalized spacial score (nSPS) is 14.5. The number of nitrogens with one attached hydrogen (secondary N) is 3. The van der Waals surface area contributed by atoms with Crippen molar-refractivity contribution in [2.45, 2.75) is 38.9 Å². The lowest BCUT2D eigenvalue weighted by molar-refractivity contribution is -0.143. The lowest BCUT2D eigenvalue weighted by Gasteiger charge is -2.21. The number of nitrogens with two attached hydrogens (primary N) is 1. The molecule has 0 aliphatic heterocycles. The highest BCUT2D eigenvalue weighted by molar-refractivity contribution is 5.92. The fourth-order valence-electron chi connectivity index (χ4n) is 1.53. The number of aliphatic hydroxyl groups is 1. The molecule has 3 atom stereocenters. The van der Waals surface area contributed by atoms with Crippen molar-refractivity contribution in [1.82, 2.24) is 16.0 Å². The second-order valence-electron chi connectivity index (χ2n) is 5.36. The average Bonchev–Trinajstić information content (AvgIpc) is 2.48. The first kappa shape index (κ1) is 20.8. The van der Waals surface area contributed by atoms with Gasteiger partial charge in [0.15, 0.2) is 0 Å². The van der Waals surface area contributed by atoms with Crippen LogP contribution in [0.4, 0.5) is 0 Å². The Morgan fingerprint density at radius 2 is 1.61 bits per heavy atom. The predicted octanol–water partition coefficient (Wildman–Crippen LogP) is -2.85. The molecule has 0 aliphatic carbocycles. The first-order valence-corrected chi connectivity index (χ1v) is 7.06. The molecule has 0 saturated heterocycles. The third kappa shape index (κ3) is 7.56. The van der Waals surface area contributed by atoms with E-state index in [9.17, 15) is 19.2 Å². The van der Waals surface area contributed by atoms with Crippen LogP contribution in [-0.2, 0) is 19.2 Å². The number of carboxylic acid groups (broad SMARTS) is 1. The summed E-state index contributed by atoms with van der Waals surface area (Å²) in [4.78, 5) is 45.7. The maximum Gasteiger partial charge on any atom is 0.326 e. The van der Waals surface area contributed by atoms with Crippen LogP contribution in [0.15, 0.2) is 0 Å². The lowest BCUT2D eigenvalue weighted by atomic mass is 10.0. The summed E-state index contributed by atoms with van der Waals surface area (Å²) in [5.41, 5.74) is 5.25. The van der Waals surface area contributed by atoms with E-state index in [2.05, 4.69) is 16.0 Å². The van der Waals surface area contributed by atoms with Crippen molar-refractivity contribution in [2.24, 2.45) is 11.7 Å². The van der Waals surface area contributed by atoms with Gasteiger partial charge in [-0.3, -0.25) is 14.4 Å². The SMILES string of the molecule is CC(C)[C@H](NC(=O)[C@H](C)NC(=O)CNC(=O)[C@@H](N)CO)C(=O)O. The van der Waals surface area contributed by atoms with Crippen molar-refractivity contribution in [2.75, 3.05) is 13.2 Å². The quantitative estimate of drug-likeness (QED) is 0.264. The molecule has 10 heteroatoms. The van der Waals surface area contributed by atoms with Crippen molar-refractivity contribution in [3.63, 3.8) is 0 Å². The fourth-order valence-corrected chi connectivity index (χ4v) is 1.53. The third-order valence-corrected chi connectivity index (χ3v) is 2.96. The molecule has 0 bridgehead atoms. The molecule has 10 nitrogen and oxygen atoms in total. The van der Waals surface area contributed by atoms with Crippen LogP contribution in [0, 0.1) is 5.92 Å². The Labute approximate surface area is 133 Å². The van der Waals surface area contributed by atoms with Gasteiger partial charge in [0.2, 0.25) is 17.7 Å². The highest BCUT2D eigenvalue weighted by atomic mass is 16.4. The molecule has 0 aromatic rings. The van der Waals surface area contributed by atoms with E-state index in [0.717, 1.165) is 0 Å². The number of rotatable bonds is 9. The van der Waals surface area contributed by atoms with Crippen LogP contribution in [0.5, 0.6) is 0 Å². The van der Waals surface area contributed by atoms with Gasteiger partial charge in [-0.1, -0.05) is 13.8 Å². The summed E-state index contributed by atoms with van der Waals surface area (Å²) in [6.07, 6.45) is 0. The van der Waals surface area contributed by atoms with Gasteiger partial charge in [0.05, 0.1) is 13.2 Å². The minimum absolute atomic E-state index is 0.321. The Morgan fingerprint density at radius 3 is 2.04 bits per heavy atom. The molecule has 0 radical (unpaired) electrons. The van der Waals surface area contributed by atoms with Gasteiger partial charge in [-0.05, 0) is 12.8 Å². The number of hydrogen-bond donors (Lipinski definition) is 6. The standard InChI is InChI=1S/C13H24N4O6/c1-6(2)10(13(22)23)17-11(20)7(3)16-9(19)4-15-12(21)8(14)5-18/h6-8,10,18H,4-5,14H2,1-3H3,(H,15,21)(H,16,19)(H,17,20)(H,22,23)/t7-,8-,10-/m0/s1. The summed E-state index contributed by atoms with van der Waals surface area (Å²) >= 11 is 0. The second kappa shape index (κ2) is 9.74. The zero-order chi connectivity index (χ0) is 18.2. The number of amides is 3. The maximum absolute atomic E-state index is 11.9. The van der Waals surface area contributed by atoms with Crippen LogP contribution in [0.2, 0.25) is 0 Å². The largest absolute Gasteiger partial charge is 0.480 e. The number of carbonyl (C=O) groups excluding carboxylic acids is 3. The van der Waals surface area contributed by atoms with Crippen molar-refractivity contribution < 1.29 is 29.4 Å². The van der Waals surface area contributed by atoms with Gasteiger partial charge in [-0.25, -0.2) is 4.79 Å². The first-order valence-electron chi connectivity index (χ1n) is 7.06. The third-order valence-electron chi connectivity index (χ3n) is 2.96. The van der Waals surface area contributed by atoms with Gasteiger partial charge in [0.1, 0.15) is 18.1 Å². The molecule has 7 N–H and O–H groups in total. The summed E-state index contributed by atoms with van der Waals surface area (Å²) in [6.45, 7) is 3.69. The number of hydrogen-bond acceptors (Lipinski definition) is 6. The molecule has 132 valence electrons. The molecule has 0 saturated carbocycles. The van der Waals surface area contributed by atoms with E-state index < -0.39 is 55.0 Å². The van der Waals surface area contributed by atoms with Gasteiger partial charge in [0, 0.05) is 0 Å². The molecular weight excluding hydrogens is 308 g/mol. The lowest BCUT2D eigenvalue weighted by Crippen LogP contribution is -2.53. The van der Waals surface area contributed by atoms with Crippen LogP contribution in [0.25, 0.3) is 0 Å². The molecule has 3 amide bonds. The van der Waals surface area contributed by atoms with Crippen molar-refractivity contribution in [3.8, 4) is 0 Å². The fraction of sp³-hybridized carbons (Fsp3) is 0.692. The monoisotopic (exact) mass is 332 g/mol. The first-order chi connectivity index (χ1) is 10.6. The van der Waals surface area contributed by atoms with Gasteiger partial charge < -0.3 is 31.9 Å². The number of aliphatic hydroxyl groups excluding tert-OH is 1. The summed E-state index contributed by atoms with van der Waals surface area (Å²) in [6, 6.07) is -3.18. The van der Waals surface area contributed by atoms with E-state index in [4.69, 9.17) is 15.9 Å². The summed E-state index contributed by atoms with van der Waals surface area (Å²) in [5.74, 6) is -3.50. The predicted molar refractivity (Wildman–Crippen MR) is 80.1 cm³/mol. The summed E-state index contributed by atoms with van der Waals surface area (Å²) in [5, 5.41) is 24.5. The molecule has 0 unspecified atom stereocenters. The molecular formula is C13H24N4O6. The Hall–Kier alpha value is -2.20. The zero-order valence-electron chi connectivity index (χ0n) is 13.3. The number of carboxylic acids is 1. The Morgan fingerprint density at radius 1 is 1.04 bits per heavy atom. The topological polar surface area (TPSA) is 171 Å². The van der Waals surface area contributed by atoms with Crippen LogP contribution in [0.3, 0.4) is 0 Å². The molecule has 0 aromatic carbocycles. The van der Waals surface area contributed by atoms with Crippen LogP contribution >= 0.6 is 0 Å². The van der Waals surface area contributed by atoms with Gasteiger partial charge in [0.25, 0.3) is 0 Å². The summed E-state index contributed by atoms with van der Waals surface area (Å²) < 4.78 is 0. The number of carbonyl (C=O) groups is 4. The molecule has 0 aromatic heterocycles. The molecule has 0 aliphatic rings. The molecule has 0 fully saturated rings. The average molecular weight is 332 g/mol. The minimum Gasteiger partial charge on any atom is -0.480 e. The zero-order valence-corrected chi connectivity index (χ0v) is 13.3. The van der Waals surface area contributed by atoms with Gasteiger partial charge in [-0.15, -0.1) is 0 Å². The van der Waals surface area contributed by atoms with E-state index in [-0.39, 0.29) is 5.92 Å². The van der Waals surface area contributed by atoms with E-state index in [0.29, 0.717) is 0 Å². The Bertz CT molecular complexity index is 454. The highest BCUT2D eigenvalue weighted by Crippen LogP contribution is 2.02. The second-order valence-corrected chi connectivity index (χ2v) is 5.36. The summed E-state index contributed by atoms with van der Waals surface area (Å²) in [7, 11) is 0. The maximum atomic E-state index is 11.9. The molecule has 23 heavy (non-hydrogen) atoms. The van der Waals surface area contributed by atoms with Crippen LogP contribution in [0.1, 0.15) is 20.8 Å². The Kier molecular flexibility index (Phi) is 8.81. The number of aliphatic carboxylic acids is 1. The molecule has 0 rings (SSSR count). The van der Waals surface area contributed by atoms with Gasteiger partial charge in [-0.2, -0.15) is 0 Å². The van der Waals surface area contributed by atoms with E-state index in [1.54, 1.807) is 13.8 Å². The molecule has 0 heterocycles. The smallest absolute Gasteiger partial charge is 0.326 e. The van der Waals surface area contributed by atoms with Crippen molar-refractivity contribution >= 4 is 23.7 Å². The highest BCUT2D eigenvalue weighted by Gasteiger charge is 2.26.